The van der Waals surface area contributed by atoms with E-state index in [1.54, 1.807) is 0 Å². The maximum absolute atomic E-state index is 6.05. The van der Waals surface area contributed by atoms with E-state index >= 15 is 0 Å². The molecule has 0 amide bonds. The molecule has 1 N–H and O–H groups in total. The van der Waals surface area contributed by atoms with Crippen molar-refractivity contribution in [1.82, 2.24) is 15.1 Å². The van der Waals surface area contributed by atoms with Crippen molar-refractivity contribution in [3.05, 3.63) is 18.0 Å². The molecule has 108 valence electrons. The molecule has 4 heteroatoms. The minimum absolute atomic E-state index is 0.0609. The van der Waals surface area contributed by atoms with Gasteiger partial charge in [0.1, 0.15) is 0 Å². The first-order valence-electron chi connectivity index (χ1n) is 7.40. The molecule has 0 aliphatic carbocycles. The molecular weight excluding hydrogens is 238 g/mol. The first-order chi connectivity index (χ1) is 9.05. The highest BCUT2D eigenvalue weighted by atomic mass is 16.5. The lowest BCUT2D eigenvalue weighted by Gasteiger charge is -2.40. The van der Waals surface area contributed by atoms with Crippen LogP contribution in [0, 0.1) is 0 Å². The van der Waals surface area contributed by atoms with Gasteiger partial charge in [-0.25, -0.2) is 0 Å². The van der Waals surface area contributed by atoms with E-state index in [0.29, 0.717) is 12.1 Å². The van der Waals surface area contributed by atoms with Gasteiger partial charge >= 0.3 is 0 Å². The van der Waals surface area contributed by atoms with E-state index in [1.807, 2.05) is 11.7 Å². The average Bonchev–Trinajstić information content (AvgIpc) is 2.85. The van der Waals surface area contributed by atoms with E-state index in [-0.39, 0.29) is 5.60 Å². The molecule has 1 saturated heterocycles. The maximum Gasteiger partial charge on any atom is 0.0810 e. The molecule has 2 heterocycles. The van der Waals surface area contributed by atoms with E-state index in [2.05, 4.69) is 43.4 Å². The zero-order valence-corrected chi connectivity index (χ0v) is 12.6. The summed E-state index contributed by atoms with van der Waals surface area (Å²) in [5, 5.41) is 8.07. The summed E-state index contributed by atoms with van der Waals surface area (Å²) in [5.74, 6) is 0. The predicted octanol–water partition coefficient (Wildman–Crippen LogP) is 2.55. The van der Waals surface area contributed by atoms with Crippen molar-refractivity contribution in [2.75, 3.05) is 13.7 Å². The Morgan fingerprint density at radius 3 is 2.79 bits per heavy atom. The summed E-state index contributed by atoms with van der Waals surface area (Å²) in [5.41, 5.74) is 1.08. The van der Waals surface area contributed by atoms with E-state index in [9.17, 15) is 0 Å². The van der Waals surface area contributed by atoms with Crippen LogP contribution in [-0.4, -0.2) is 35.1 Å². The fourth-order valence-corrected chi connectivity index (χ4v) is 2.84. The summed E-state index contributed by atoms with van der Waals surface area (Å²) in [7, 11) is 2.02. The summed E-state index contributed by atoms with van der Waals surface area (Å²) >= 11 is 0. The number of aromatic nitrogens is 2. The van der Waals surface area contributed by atoms with Crippen LogP contribution in [0.25, 0.3) is 0 Å². The molecule has 1 aliphatic heterocycles. The van der Waals surface area contributed by atoms with Crippen LogP contribution < -0.4 is 5.32 Å². The lowest BCUT2D eigenvalue weighted by atomic mass is 9.86. The summed E-state index contributed by atoms with van der Waals surface area (Å²) in [6, 6.07) is 2.86. The van der Waals surface area contributed by atoms with Crippen LogP contribution in [-0.2, 0) is 11.2 Å². The van der Waals surface area contributed by atoms with Crippen molar-refractivity contribution in [1.29, 1.82) is 0 Å². The maximum atomic E-state index is 6.05. The first-order valence-corrected chi connectivity index (χ1v) is 7.40. The zero-order chi connectivity index (χ0) is 13.9. The second kappa shape index (κ2) is 6.06. The summed E-state index contributed by atoms with van der Waals surface area (Å²) in [4.78, 5) is 0. The molecule has 1 aromatic rings. The van der Waals surface area contributed by atoms with Gasteiger partial charge in [-0.05, 0) is 53.1 Å². The Morgan fingerprint density at radius 2 is 2.26 bits per heavy atom. The predicted molar refractivity (Wildman–Crippen MR) is 77.4 cm³/mol. The Labute approximate surface area is 116 Å². The molecule has 0 spiro atoms. The van der Waals surface area contributed by atoms with Gasteiger partial charge in [-0.3, -0.25) is 4.68 Å². The van der Waals surface area contributed by atoms with Gasteiger partial charge in [-0.2, -0.15) is 5.10 Å². The van der Waals surface area contributed by atoms with Crippen LogP contribution in [0.3, 0.4) is 0 Å². The fraction of sp³-hybridized carbons (Fsp3) is 0.800. The SMILES string of the molecule is CNC(Cc1ccn(C(C)C)n1)C1(C)CCCCO1. The molecule has 0 aromatic carbocycles. The highest BCUT2D eigenvalue weighted by molar-refractivity contribution is 5.06. The minimum Gasteiger partial charge on any atom is -0.374 e. The number of ether oxygens (including phenoxy) is 1. The Kier molecular flexibility index (Phi) is 4.63. The highest BCUT2D eigenvalue weighted by Crippen LogP contribution is 2.29. The van der Waals surface area contributed by atoms with Crippen molar-refractivity contribution in [3.63, 3.8) is 0 Å². The Hall–Kier alpha value is -0.870. The molecule has 0 bridgehead atoms. The highest BCUT2D eigenvalue weighted by Gasteiger charge is 2.36. The summed E-state index contributed by atoms with van der Waals surface area (Å²) < 4.78 is 8.07. The molecular formula is C15H27N3O. The van der Waals surface area contributed by atoms with Crippen molar-refractivity contribution >= 4 is 0 Å². The zero-order valence-electron chi connectivity index (χ0n) is 12.6. The van der Waals surface area contributed by atoms with Gasteiger partial charge in [0.25, 0.3) is 0 Å². The summed E-state index contributed by atoms with van der Waals surface area (Å²) in [6.07, 6.45) is 6.57. The molecule has 1 fully saturated rings. The van der Waals surface area contributed by atoms with Crippen LogP contribution >= 0.6 is 0 Å². The molecule has 2 unspecified atom stereocenters. The molecule has 1 aromatic heterocycles. The first kappa shape index (κ1) is 14.5. The number of likely N-dealkylation sites (N-methyl/N-ethyl adjacent to an activating group) is 1. The molecule has 1 aliphatic rings. The molecule has 2 rings (SSSR count). The van der Waals surface area contributed by atoms with Gasteiger partial charge < -0.3 is 10.1 Å². The second-order valence-corrected chi connectivity index (χ2v) is 6.04. The van der Waals surface area contributed by atoms with E-state index < -0.39 is 0 Å². The average molecular weight is 265 g/mol. The smallest absolute Gasteiger partial charge is 0.0810 e. The lowest BCUT2D eigenvalue weighted by molar-refractivity contribution is -0.0872. The third kappa shape index (κ3) is 3.37. The largest absolute Gasteiger partial charge is 0.374 e. The van der Waals surface area contributed by atoms with Crippen molar-refractivity contribution < 1.29 is 4.74 Å². The number of hydrogen-bond donors (Lipinski definition) is 1. The quantitative estimate of drug-likeness (QED) is 0.889. The van der Waals surface area contributed by atoms with Crippen LogP contribution in [0.15, 0.2) is 12.3 Å². The van der Waals surface area contributed by atoms with E-state index in [0.717, 1.165) is 25.1 Å². The van der Waals surface area contributed by atoms with E-state index in [1.165, 1.54) is 12.8 Å². The van der Waals surface area contributed by atoms with Gasteiger partial charge in [-0.1, -0.05) is 0 Å². The second-order valence-electron chi connectivity index (χ2n) is 6.04. The van der Waals surface area contributed by atoms with E-state index in [4.69, 9.17) is 4.74 Å². The normalized spacial score (nSPS) is 25.7. The summed E-state index contributed by atoms with van der Waals surface area (Å²) in [6.45, 7) is 7.41. The monoisotopic (exact) mass is 265 g/mol. The molecule has 2 atom stereocenters. The minimum atomic E-state index is -0.0609. The molecule has 4 nitrogen and oxygen atoms in total. The Bertz CT molecular complexity index is 394. The Morgan fingerprint density at radius 1 is 1.47 bits per heavy atom. The van der Waals surface area contributed by atoms with Gasteiger partial charge in [0, 0.05) is 31.3 Å². The van der Waals surface area contributed by atoms with Crippen LogP contribution in [0.1, 0.15) is 51.8 Å². The molecule has 0 radical (unpaired) electrons. The lowest BCUT2D eigenvalue weighted by Crippen LogP contribution is -2.52. The van der Waals surface area contributed by atoms with Gasteiger partial charge in [-0.15, -0.1) is 0 Å². The number of rotatable bonds is 5. The van der Waals surface area contributed by atoms with Crippen molar-refractivity contribution in [2.45, 2.75) is 64.1 Å². The third-order valence-corrected chi connectivity index (χ3v) is 4.19. The van der Waals surface area contributed by atoms with Crippen molar-refractivity contribution in [3.8, 4) is 0 Å². The molecule has 19 heavy (non-hydrogen) atoms. The number of hydrogen-bond acceptors (Lipinski definition) is 3. The third-order valence-electron chi connectivity index (χ3n) is 4.19. The molecule has 0 saturated carbocycles. The van der Waals surface area contributed by atoms with Crippen LogP contribution in [0.2, 0.25) is 0 Å². The Balaban J connectivity index is 2.05. The van der Waals surface area contributed by atoms with Gasteiger partial charge in [0.2, 0.25) is 0 Å². The number of nitrogens with one attached hydrogen (secondary N) is 1. The standard InChI is InChI=1S/C15H27N3O/c1-12(2)18-9-7-13(17-18)11-14(16-4)15(3)8-5-6-10-19-15/h7,9,12,14,16H,5-6,8,10-11H2,1-4H3. The topological polar surface area (TPSA) is 39.1 Å². The van der Waals surface area contributed by atoms with Crippen LogP contribution in [0.5, 0.6) is 0 Å². The van der Waals surface area contributed by atoms with Crippen LogP contribution in [0.4, 0.5) is 0 Å². The number of nitrogens with zero attached hydrogens (tertiary/aromatic N) is 2. The fourth-order valence-electron chi connectivity index (χ4n) is 2.84. The van der Waals surface area contributed by atoms with Gasteiger partial charge in [0.15, 0.2) is 0 Å². The van der Waals surface area contributed by atoms with Gasteiger partial charge in [0.05, 0.1) is 11.3 Å². The van der Waals surface area contributed by atoms with Crippen molar-refractivity contribution in [2.24, 2.45) is 0 Å².